The number of carbonyl (C=O) groups is 1. The van der Waals surface area contributed by atoms with Gasteiger partial charge in [-0.25, -0.2) is 13.8 Å². The summed E-state index contributed by atoms with van der Waals surface area (Å²) in [6.45, 7) is 0. The van der Waals surface area contributed by atoms with E-state index in [0.29, 0.717) is 22.3 Å². The fraction of sp³-hybridized carbons (Fsp3) is 0.0476. The number of amides is 1. The summed E-state index contributed by atoms with van der Waals surface area (Å²) in [5.41, 5.74) is 2.15. The second-order valence-corrected chi connectivity index (χ2v) is 6.59. The highest BCUT2D eigenvalue weighted by atomic mass is 19.1. The molecule has 0 bridgehead atoms. The highest BCUT2D eigenvalue weighted by Crippen LogP contribution is 2.25. The number of carbonyl (C=O) groups excluding carboxylic acids is 1. The van der Waals surface area contributed by atoms with Crippen LogP contribution < -0.4 is 5.32 Å². The van der Waals surface area contributed by atoms with Crippen LogP contribution in [0.25, 0.3) is 22.4 Å². The third-order valence-corrected chi connectivity index (χ3v) is 4.46. The largest absolute Gasteiger partial charge is 0.338 e. The maximum absolute atomic E-state index is 14.0. The highest BCUT2D eigenvalue weighted by Gasteiger charge is 2.13. The molecule has 0 saturated heterocycles. The molecule has 0 saturated carbocycles. The minimum atomic E-state index is -0.605. The van der Waals surface area contributed by atoms with E-state index in [4.69, 9.17) is 0 Å². The smallest absolute Gasteiger partial charge is 0.269 e. The van der Waals surface area contributed by atoms with Gasteiger partial charge in [-0.05, 0) is 42.0 Å². The highest BCUT2D eigenvalue weighted by molar-refractivity contribution is 5.94. The first-order chi connectivity index (χ1) is 14.4. The Balaban J connectivity index is 1.51. The van der Waals surface area contributed by atoms with Crippen molar-refractivity contribution in [1.29, 1.82) is 0 Å². The Bertz CT molecular complexity index is 1270. The molecule has 0 unspecified atom stereocenters. The van der Waals surface area contributed by atoms with Gasteiger partial charge in [0.05, 0.1) is 27.9 Å². The Morgan fingerprint density at radius 2 is 1.83 bits per heavy atom. The lowest BCUT2D eigenvalue weighted by Gasteiger charge is -2.05. The lowest BCUT2D eigenvalue weighted by Crippen LogP contribution is -2.14. The van der Waals surface area contributed by atoms with Crippen molar-refractivity contribution in [1.82, 2.24) is 9.97 Å². The first-order valence-corrected chi connectivity index (χ1v) is 8.87. The number of aromatic nitrogens is 2. The third-order valence-electron chi connectivity index (χ3n) is 4.46. The summed E-state index contributed by atoms with van der Waals surface area (Å²) < 4.78 is 27.4. The van der Waals surface area contributed by atoms with Crippen molar-refractivity contribution in [3.8, 4) is 11.4 Å². The normalized spacial score (nSPS) is 10.9. The number of nitro benzene ring substituents is 1. The van der Waals surface area contributed by atoms with Gasteiger partial charge in [0.2, 0.25) is 5.91 Å². The Kier molecular flexibility index (Phi) is 4.93. The summed E-state index contributed by atoms with van der Waals surface area (Å²) in [7, 11) is 0. The molecular formula is C21H14F2N4O3. The number of benzene rings is 3. The van der Waals surface area contributed by atoms with Crippen LogP contribution >= 0.6 is 0 Å². The van der Waals surface area contributed by atoms with Crippen LogP contribution in [0.1, 0.15) is 5.56 Å². The number of imidazole rings is 1. The summed E-state index contributed by atoms with van der Waals surface area (Å²) >= 11 is 0. The summed E-state index contributed by atoms with van der Waals surface area (Å²) in [5.74, 6) is -1.31. The maximum atomic E-state index is 14.0. The van der Waals surface area contributed by atoms with Crippen molar-refractivity contribution in [2.75, 3.05) is 5.32 Å². The number of nitro groups is 1. The number of aromatic amines is 1. The second kappa shape index (κ2) is 7.70. The second-order valence-electron chi connectivity index (χ2n) is 6.59. The number of H-pyrrole nitrogens is 1. The number of nitrogens with zero attached hydrogens (tertiary/aromatic N) is 2. The van der Waals surface area contributed by atoms with E-state index in [1.165, 1.54) is 24.3 Å². The van der Waals surface area contributed by atoms with E-state index in [9.17, 15) is 23.7 Å². The fourth-order valence-electron chi connectivity index (χ4n) is 3.02. The van der Waals surface area contributed by atoms with Crippen LogP contribution in [0.15, 0.2) is 60.7 Å². The summed E-state index contributed by atoms with van der Waals surface area (Å²) in [5, 5.41) is 13.4. The number of anilines is 1. The minimum Gasteiger partial charge on any atom is -0.338 e. The molecule has 0 aliphatic rings. The minimum absolute atomic E-state index is 0.00922. The Morgan fingerprint density at radius 3 is 2.57 bits per heavy atom. The van der Waals surface area contributed by atoms with Gasteiger partial charge in [0.25, 0.3) is 5.69 Å². The maximum Gasteiger partial charge on any atom is 0.269 e. The molecule has 4 rings (SSSR count). The van der Waals surface area contributed by atoms with Crippen LogP contribution in [0.4, 0.5) is 20.2 Å². The molecule has 0 spiro atoms. The van der Waals surface area contributed by atoms with Gasteiger partial charge < -0.3 is 10.3 Å². The van der Waals surface area contributed by atoms with Crippen LogP contribution in [0.3, 0.4) is 0 Å². The molecule has 1 amide bonds. The van der Waals surface area contributed by atoms with Crippen LogP contribution in [0.5, 0.6) is 0 Å². The van der Waals surface area contributed by atoms with Gasteiger partial charge in [-0.2, -0.15) is 0 Å². The molecule has 0 fully saturated rings. The quantitative estimate of drug-likeness (QED) is 0.372. The zero-order valence-electron chi connectivity index (χ0n) is 15.4. The average molecular weight is 408 g/mol. The number of nitrogens with one attached hydrogen (secondary N) is 2. The molecule has 1 aromatic heterocycles. The number of fused-ring (bicyclic) bond motifs is 1. The van der Waals surface area contributed by atoms with Crippen molar-refractivity contribution >= 4 is 28.3 Å². The monoisotopic (exact) mass is 408 g/mol. The summed E-state index contributed by atoms with van der Waals surface area (Å²) in [6, 6.07) is 13.8. The van der Waals surface area contributed by atoms with Crippen molar-refractivity contribution in [2.24, 2.45) is 0 Å². The molecule has 0 radical (unpaired) electrons. The predicted molar refractivity (Wildman–Crippen MR) is 107 cm³/mol. The van der Waals surface area contributed by atoms with Gasteiger partial charge in [0.1, 0.15) is 17.5 Å². The first kappa shape index (κ1) is 19.2. The van der Waals surface area contributed by atoms with E-state index in [1.807, 2.05) is 0 Å². The molecule has 1 heterocycles. The van der Waals surface area contributed by atoms with E-state index < -0.39 is 16.6 Å². The number of hydrogen-bond donors (Lipinski definition) is 2. The third kappa shape index (κ3) is 4.00. The van der Waals surface area contributed by atoms with Gasteiger partial charge in [0, 0.05) is 17.8 Å². The molecule has 4 aromatic rings. The Labute approximate surface area is 168 Å². The molecule has 7 nitrogen and oxygen atoms in total. The molecule has 9 heteroatoms. The molecule has 0 atom stereocenters. The van der Waals surface area contributed by atoms with Crippen molar-refractivity contribution in [3.05, 3.63) is 88.0 Å². The lowest BCUT2D eigenvalue weighted by atomic mass is 10.1. The van der Waals surface area contributed by atoms with Crippen molar-refractivity contribution in [2.45, 2.75) is 6.42 Å². The van der Waals surface area contributed by atoms with Gasteiger partial charge in [-0.1, -0.05) is 12.1 Å². The predicted octanol–water partition coefficient (Wildman–Crippen LogP) is 4.60. The molecule has 3 aromatic carbocycles. The number of non-ortho nitro benzene ring substituents is 1. The standard InChI is InChI=1S/C21H14F2N4O3/c22-13-3-7-17(23)16(10-13)21-25-18-8-4-14(11-19(18)26-21)24-20(28)9-12-1-5-15(6-2-12)27(29)30/h1-8,10-11H,9H2,(H,24,28)(H,25,26). The fourth-order valence-corrected chi connectivity index (χ4v) is 3.02. The topological polar surface area (TPSA) is 101 Å². The molecule has 0 aliphatic heterocycles. The van der Waals surface area contributed by atoms with Crippen LogP contribution in [0, 0.1) is 21.7 Å². The molecule has 2 N–H and O–H groups in total. The summed E-state index contributed by atoms with van der Waals surface area (Å²) in [6.07, 6.45) is 0.0404. The van der Waals surface area contributed by atoms with E-state index in [0.717, 1.165) is 18.2 Å². The van der Waals surface area contributed by atoms with Crippen molar-refractivity contribution < 1.29 is 18.5 Å². The molecule has 150 valence electrons. The number of hydrogen-bond acceptors (Lipinski definition) is 4. The SMILES string of the molecule is O=C(Cc1ccc([N+](=O)[O-])cc1)Nc1ccc2nc(-c3cc(F)ccc3F)[nH]c2c1. The van der Waals surface area contributed by atoms with Crippen LogP contribution in [-0.2, 0) is 11.2 Å². The average Bonchev–Trinajstić information content (AvgIpc) is 3.13. The zero-order chi connectivity index (χ0) is 21.3. The lowest BCUT2D eigenvalue weighted by molar-refractivity contribution is -0.384. The van der Waals surface area contributed by atoms with Gasteiger partial charge in [-0.15, -0.1) is 0 Å². The van der Waals surface area contributed by atoms with E-state index in [-0.39, 0.29) is 29.4 Å². The number of rotatable bonds is 5. The molecule has 0 aliphatic carbocycles. The van der Waals surface area contributed by atoms with Crippen LogP contribution in [0.2, 0.25) is 0 Å². The van der Waals surface area contributed by atoms with Crippen molar-refractivity contribution in [3.63, 3.8) is 0 Å². The Hall–Kier alpha value is -4.14. The Morgan fingerprint density at radius 1 is 1.07 bits per heavy atom. The van der Waals surface area contributed by atoms with E-state index in [2.05, 4.69) is 15.3 Å². The zero-order valence-corrected chi connectivity index (χ0v) is 15.4. The van der Waals surface area contributed by atoms with Gasteiger partial charge in [0.15, 0.2) is 0 Å². The molecule has 30 heavy (non-hydrogen) atoms. The van der Waals surface area contributed by atoms with Crippen LogP contribution in [-0.4, -0.2) is 20.8 Å². The summed E-state index contributed by atoms with van der Waals surface area (Å²) in [4.78, 5) is 29.7. The van der Waals surface area contributed by atoms with E-state index >= 15 is 0 Å². The first-order valence-electron chi connectivity index (χ1n) is 8.87. The van der Waals surface area contributed by atoms with Gasteiger partial charge in [-0.3, -0.25) is 14.9 Å². The number of halogens is 2. The van der Waals surface area contributed by atoms with Gasteiger partial charge >= 0.3 is 0 Å². The van der Waals surface area contributed by atoms with E-state index in [1.54, 1.807) is 18.2 Å². The molecular weight excluding hydrogens is 394 g/mol.